The van der Waals surface area contributed by atoms with E-state index in [9.17, 15) is 0 Å². The van der Waals surface area contributed by atoms with Gasteiger partial charge in [0.05, 0.1) is 11.9 Å². The summed E-state index contributed by atoms with van der Waals surface area (Å²) >= 11 is 0. The van der Waals surface area contributed by atoms with Crippen LogP contribution in [0.5, 0.6) is 5.75 Å². The molecule has 4 heterocycles. The maximum Gasteiger partial charge on any atom is 0.138 e. The maximum atomic E-state index is 6.24. The summed E-state index contributed by atoms with van der Waals surface area (Å²) in [6.45, 7) is 0. The first-order chi connectivity index (χ1) is 12.3. The van der Waals surface area contributed by atoms with Crippen LogP contribution in [0.1, 0.15) is 25.7 Å². The van der Waals surface area contributed by atoms with E-state index in [1.807, 2.05) is 12.4 Å². The lowest BCUT2D eigenvalue weighted by Crippen LogP contribution is -2.43. The van der Waals surface area contributed by atoms with Crippen molar-refractivity contribution >= 4 is 10.9 Å². The zero-order valence-corrected chi connectivity index (χ0v) is 14.5. The van der Waals surface area contributed by atoms with Crippen molar-refractivity contribution in [3.05, 3.63) is 48.8 Å². The van der Waals surface area contributed by atoms with Crippen LogP contribution in [0.3, 0.4) is 0 Å². The molecule has 2 atom stereocenters. The molecule has 0 amide bonds. The van der Waals surface area contributed by atoms with E-state index < -0.39 is 0 Å². The number of aromatic amines is 1. The lowest BCUT2D eigenvalue weighted by molar-refractivity contribution is 0.0659. The van der Waals surface area contributed by atoms with Crippen molar-refractivity contribution < 1.29 is 4.74 Å². The first kappa shape index (κ1) is 15.0. The summed E-state index contributed by atoms with van der Waals surface area (Å²) in [5.74, 6) is 0.889. The predicted octanol–water partition coefficient (Wildman–Crippen LogP) is 4.23. The van der Waals surface area contributed by atoms with Gasteiger partial charge in [-0.2, -0.15) is 0 Å². The first-order valence-corrected chi connectivity index (χ1v) is 9.18. The molecule has 0 aliphatic carbocycles. The molecule has 5 rings (SSSR count). The van der Waals surface area contributed by atoms with Crippen LogP contribution >= 0.6 is 0 Å². The van der Waals surface area contributed by atoms with Gasteiger partial charge in [0.2, 0.25) is 0 Å². The van der Waals surface area contributed by atoms with Crippen molar-refractivity contribution in [2.75, 3.05) is 7.05 Å². The molecule has 1 N–H and O–H groups in total. The quantitative estimate of drug-likeness (QED) is 0.780. The van der Waals surface area contributed by atoms with Gasteiger partial charge >= 0.3 is 0 Å². The Labute approximate surface area is 147 Å². The third kappa shape index (κ3) is 2.71. The Morgan fingerprint density at radius 1 is 1.08 bits per heavy atom. The highest BCUT2D eigenvalue weighted by molar-refractivity contribution is 5.84. The van der Waals surface area contributed by atoms with Crippen molar-refractivity contribution in [1.82, 2.24) is 14.9 Å². The SMILES string of the molecule is CN1[C@@H]2CC[C@@H]1CC(Oc1ccc(-c3ccc4[nH]ccc4c3)nc1)C2. The summed E-state index contributed by atoms with van der Waals surface area (Å²) in [5.41, 5.74) is 3.27. The molecular formula is C21H23N3O. The Bertz CT molecular complexity index is 872. The number of benzene rings is 1. The van der Waals surface area contributed by atoms with Crippen molar-refractivity contribution in [2.45, 2.75) is 43.9 Å². The van der Waals surface area contributed by atoms with Gasteiger partial charge in [-0.25, -0.2) is 0 Å². The number of hydrogen-bond acceptors (Lipinski definition) is 3. The van der Waals surface area contributed by atoms with Gasteiger partial charge < -0.3 is 14.6 Å². The Hall–Kier alpha value is -2.33. The minimum atomic E-state index is 0.331. The molecule has 1 aromatic carbocycles. The van der Waals surface area contributed by atoms with Crippen LogP contribution in [0.25, 0.3) is 22.2 Å². The van der Waals surface area contributed by atoms with Gasteiger partial charge in [-0.1, -0.05) is 6.07 Å². The molecule has 2 aromatic heterocycles. The van der Waals surface area contributed by atoms with Gasteiger partial charge in [0.25, 0.3) is 0 Å². The highest BCUT2D eigenvalue weighted by Crippen LogP contribution is 2.36. The molecule has 2 fully saturated rings. The topological polar surface area (TPSA) is 41.1 Å². The van der Waals surface area contributed by atoms with Crippen molar-refractivity contribution in [3.63, 3.8) is 0 Å². The minimum absolute atomic E-state index is 0.331. The number of hydrogen-bond donors (Lipinski definition) is 1. The number of nitrogens with zero attached hydrogens (tertiary/aromatic N) is 2. The van der Waals surface area contributed by atoms with E-state index >= 15 is 0 Å². The van der Waals surface area contributed by atoms with E-state index in [2.05, 4.69) is 58.3 Å². The lowest BCUT2D eigenvalue weighted by atomic mass is 10.0. The number of nitrogens with one attached hydrogen (secondary N) is 1. The number of aromatic nitrogens is 2. The van der Waals surface area contributed by atoms with E-state index in [4.69, 9.17) is 4.74 Å². The first-order valence-electron chi connectivity index (χ1n) is 9.18. The predicted molar refractivity (Wildman–Crippen MR) is 99.8 cm³/mol. The Morgan fingerprint density at radius 2 is 1.92 bits per heavy atom. The van der Waals surface area contributed by atoms with Crippen LogP contribution in [0.15, 0.2) is 48.8 Å². The van der Waals surface area contributed by atoms with Crippen LogP contribution in [0.2, 0.25) is 0 Å². The summed E-state index contributed by atoms with van der Waals surface area (Å²) in [6, 6.07) is 14.0. The van der Waals surface area contributed by atoms with E-state index in [0.29, 0.717) is 18.2 Å². The molecular weight excluding hydrogens is 310 g/mol. The second kappa shape index (κ2) is 5.88. The van der Waals surface area contributed by atoms with Gasteiger partial charge in [0, 0.05) is 34.7 Å². The van der Waals surface area contributed by atoms with Crippen molar-refractivity contribution in [3.8, 4) is 17.0 Å². The summed E-state index contributed by atoms with van der Waals surface area (Å²) in [6.07, 6.45) is 9.08. The Kier molecular flexibility index (Phi) is 3.52. The van der Waals surface area contributed by atoms with Crippen LogP contribution in [0, 0.1) is 0 Å². The average Bonchev–Trinajstić information content (AvgIpc) is 3.16. The van der Waals surface area contributed by atoms with Gasteiger partial charge in [-0.15, -0.1) is 0 Å². The maximum absolute atomic E-state index is 6.24. The molecule has 25 heavy (non-hydrogen) atoms. The van der Waals surface area contributed by atoms with Crippen LogP contribution in [-0.2, 0) is 0 Å². The summed E-state index contributed by atoms with van der Waals surface area (Å²) < 4.78 is 6.24. The van der Waals surface area contributed by atoms with Crippen LogP contribution in [-0.4, -0.2) is 40.1 Å². The third-order valence-corrected chi connectivity index (χ3v) is 5.94. The van der Waals surface area contributed by atoms with Gasteiger partial charge in [-0.3, -0.25) is 4.98 Å². The number of H-pyrrole nitrogens is 1. The lowest BCUT2D eigenvalue weighted by Gasteiger charge is -2.36. The molecule has 2 aliphatic rings. The highest BCUT2D eigenvalue weighted by Gasteiger charge is 2.39. The molecule has 3 aromatic rings. The van der Waals surface area contributed by atoms with E-state index in [-0.39, 0.29) is 0 Å². The molecule has 4 heteroatoms. The van der Waals surface area contributed by atoms with E-state index in [1.54, 1.807) is 0 Å². The summed E-state index contributed by atoms with van der Waals surface area (Å²) in [5, 5.41) is 1.21. The standard InChI is InChI=1S/C21H23N3O/c1-24-16-3-4-17(24)12-19(11-16)25-18-5-7-21(23-13-18)14-2-6-20-15(10-14)8-9-22-20/h2,5-10,13,16-17,19,22H,3-4,11-12H2,1H3/t16-,17-/m1/s1. The second-order valence-corrected chi connectivity index (χ2v) is 7.42. The highest BCUT2D eigenvalue weighted by atomic mass is 16.5. The van der Waals surface area contributed by atoms with E-state index in [0.717, 1.165) is 35.4 Å². The molecule has 0 spiro atoms. The molecule has 2 bridgehead atoms. The fourth-order valence-corrected chi connectivity index (χ4v) is 4.48. The molecule has 0 radical (unpaired) electrons. The van der Waals surface area contributed by atoms with Gasteiger partial charge in [0.15, 0.2) is 0 Å². The second-order valence-electron chi connectivity index (χ2n) is 7.42. The van der Waals surface area contributed by atoms with Crippen molar-refractivity contribution in [1.29, 1.82) is 0 Å². The fourth-order valence-electron chi connectivity index (χ4n) is 4.48. The smallest absolute Gasteiger partial charge is 0.138 e. The third-order valence-electron chi connectivity index (χ3n) is 5.94. The zero-order chi connectivity index (χ0) is 16.8. The fraction of sp³-hybridized carbons (Fsp3) is 0.381. The van der Waals surface area contributed by atoms with Crippen LogP contribution < -0.4 is 4.74 Å². The average molecular weight is 333 g/mol. The van der Waals surface area contributed by atoms with Crippen LogP contribution in [0.4, 0.5) is 0 Å². The zero-order valence-electron chi connectivity index (χ0n) is 14.5. The Morgan fingerprint density at radius 3 is 2.68 bits per heavy atom. The molecule has 0 saturated carbocycles. The summed E-state index contributed by atoms with van der Waals surface area (Å²) in [4.78, 5) is 10.4. The largest absolute Gasteiger partial charge is 0.489 e. The van der Waals surface area contributed by atoms with Crippen molar-refractivity contribution in [2.24, 2.45) is 0 Å². The number of fused-ring (bicyclic) bond motifs is 3. The van der Waals surface area contributed by atoms with Gasteiger partial charge in [-0.05, 0) is 63.1 Å². The number of pyridine rings is 1. The normalized spacial score (nSPS) is 26.2. The molecule has 4 nitrogen and oxygen atoms in total. The summed E-state index contributed by atoms with van der Waals surface area (Å²) in [7, 11) is 2.26. The number of ether oxygens (including phenoxy) is 1. The monoisotopic (exact) mass is 333 g/mol. The molecule has 128 valence electrons. The van der Waals surface area contributed by atoms with E-state index in [1.165, 1.54) is 18.2 Å². The molecule has 0 unspecified atom stereocenters. The van der Waals surface area contributed by atoms with Gasteiger partial charge in [0.1, 0.15) is 11.9 Å². The number of rotatable bonds is 3. The number of piperidine rings is 1. The minimum Gasteiger partial charge on any atom is -0.489 e. The molecule has 2 aliphatic heterocycles. The molecule has 2 saturated heterocycles. The Balaban J connectivity index is 1.31.